The summed E-state index contributed by atoms with van der Waals surface area (Å²) < 4.78 is 5.01. The van der Waals surface area contributed by atoms with Crippen molar-refractivity contribution < 1.29 is 19.7 Å². The minimum atomic E-state index is -1.02. The van der Waals surface area contributed by atoms with E-state index in [4.69, 9.17) is 9.84 Å². The van der Waals surface area contributed by atoms with E-state index in [1.807, 2.05) is 0 Å². The molecule has 1 aliphatic heterocycles. The van der Waals surface area contributed by atoms with Gasteiger partial charge in [0.25, 0.3) is 0 Å². The van der Waals surface area contributed by atoms with Gasteiger partial charge in [0.05, 0.1) is 12.7 Å². The fourth-order valence-corrected chi connectivity index (χ4v) is 2.30. The van der Waals surface area contributed by atoms with Crippen molar-refractivity contribution in [3.05, 3.63) is 23.3 Å². The Kier molecular flexibility index (Phi) is 3.72. The number of ether oxygens (including phenoxy) is 1. The lowest BCUT2D eigenvalue weighted by Gasteiger charge is -2.14. The van der Waals surface area contributed by atoms with Gasteiger partial charge in [0.2, 0.25) is 0 Å². The Bertz CT molecular complexity index is 453. The predicted molar refractivity (Wildman–Crippen MR) is 66.3 cm³/mol. The van der Waals surface area contributed by atoms with E-state index in [0.717, 1.165) is 19.4 Å². The summed E-state index contributed by atoms with van der Waals surface area (Å²) in [6.45, 7) is 0.973. The third kappa shape index (κ3) is 2.56. The molecular formula is C13H17NO4. The van der Waals surface area contributed by atoms with Gasteiger partial charge in [-0.05, 0) is 37.9 Å². The van der Waals surface area contributed by atoms with Crippen molar-refractivity contribution in [2.45, 2.75) is 25.3 Å². The second kappa shape index (κ2) is 5.27. The quantitative estimate of drug-likeness (QED) is 0.753. The Hall–Kier alpha value is -1.75. The molecule has 3 N–H and O–H groups in total. The molecular weight excluding hydrogens is 234 g/mol. The van der Waals surface area contributed by atoms with E-state index in [2.05, 4.69) is 5.32 Å². The third-order valence-corrected chi connectivity index (χ3v) is 3.25. The molecule has 1 fully saturated rings. The van der Waals surface area contributed by atoms with Crippen LogP contribution in [0.4, 0.5) is 0 Å². The summed E-state index contributed by atoms with van der Waals surface area (Å²) in [6.07, 6.45) is 2.77. The summed E-state index contributed by atoms with van der Waals surface area (Å²) >= 11 is 0. The molecule has 1 aliphatic rings. The van der Waals surface area contributed by atoms with Crippen LogP contribution in [-0.4, -0.2) is 35.9 Å². The number of carboxylic acid groups (broad SMARTS) is 1. The number of carboxylic acids is 1. The highest BCUT2D eigenvalue weighted by molar-refractivity contribution is 5.89. The van der Waals surface area contributed by atoms with Gasteiger partial charge in [-0.2, -0.15) is 0 Å². The number of aromatic hydroxyl groups is 1. The number of methoxy groups -OCH3 is 1. The van der Waals surface area contributed by atoms with E-state index < -0.39 is 5.97 Å². The van der Waals surface area contributed by atoms with E-state index in [0.29, 0.717) is 18.0 Å². The molecule has 98 valence electrons. The average molecular weight is 251 g/mol. The number of aromatic carboxylic acids is 1. The van der Waals surface area contributed by atoms with Crippen LogP contribution in [0.15, 0.2) is 12.1 Å². The molecule has 0 aliphatic carbocycles. The molecule has 1 heterocycles. The van der Waals surface area contributed by atoms with Crippen LogP contribution in [0.2, 0.25) is 0 Å². The maximum absolute atomic E-state index is 11.0. The van der Waals surface area contributed by atoms with Gasteiger partial charge in [0, 0.05) is 11.6 Å². The fourth-order valence-electron chi connectivity index (χ4n) is 2.30. The first-order valence-electron chi connectivity index (χ1n) is 5.98. The van der Waals surface area contributed by atoms with E-state index in [1.165, 1.54) is 19.2 Å². The fraction of sp³-hybridized carbons (Fsp3) is 0.462. The van der Waals surface area contributed by atoms with Crippen LogP contribution in [0.5, 0.6) is 11.5 Å². The maximum atomic E-state index is 11.0. The largest absolute Gasteiger partial charge is 0.504 e. The lowest BCUT2D eigenvalue weighted by molar-refractivity contribution is 0.0696. The van der Waals surface area contributed by atoms with Crippen LogP contribution in [0.1, 0.15) is 28.8 Å². The van der Waals surface area contributed by atoms with Crippen molar-refractivity contribution >= 4 is 5.97 Å². The Balaban J connectivity index is 2.31. The molecule has 0 saturated carbocycles. The molecule has 0 aromatic heterocycles. The molecule has 5 nitrogen and oxygen atoms in total. The van der Waals surface area contributed by atoms with Crippen molar-refractivity contribution in [3.8, 4) is 11.5 Å². The average Bonchev–Trinajstić information content (AvgIpc) is 2.84. The van der Waals surface area contributed by atoms with Gasteiger partial charge in [-0.1, -0.05) is 0 Å². The monoisotopic (exact) mass is 251 g/mol. The zero-order chi connectivity index (χ0) is 13.1. The highest BCUT2D eigenvalue weighted by atomic mass is 16.5. The van der Waals surface area contributed by atoms with Gasteiger partial charge < -0.3 is 20.3 Å². The van der Waals surface area contributed by atoms with Gasteiger partial charge in [0.1, 0.15) is 0 Å². The van der Waals surface area contributed by atoms with Gasteiger partial charge in [-0.3, -0.25) is 0 Å². The normalized spacial score (nSPS) is 18.8. The Morgan fingerprint density at radius 3 is 2.89 bits per heavy atom. The maximum Gasteiger partial charge on any atom is 0.335 e. The molecule has 1 aromatic carbocycles. The number of phenolic OH excluding ortho intramolecular Hbond substituents is 1. The Morgan fingerprint density at radius 1 is 1.56 bits per heavy atom. The molecule has 5 heteroatoms. The van der Waals surface area contributed by atoms with Crippen molar-refractivity contribution in [2.24, 2.45) is 0 Å². The molecule has 0 bridgehead atoms. The van der Waals surface area contributed by atoms with Crippen molar-refractivity contribution in [3.63, 3.8) is 0 Å². The molecule has 0 spiro atoms. The highest BCUT2D eigenvalue weighted by Crippen LogP contribution is 2.33. The van der Waals surface area contributed by atoms with Crippen molar-refractivity contribution in [1.82, 2.24) is 5.32 Å². The Morgan fingerprint density at radius 2 is 2.33 bits per heavy atom. The highest BCUT2D eigenvalue weighted by Gasteiger charge is 2.20. The molecule has 1 saturated heterocycles. The molecule has 1 aromatic rings. The minimum absolute atomic E-state index is 0.0381. The summed E-state index contributed by atoms with van der Waals surface area (Å²) in [5, 5.41) is 22.4. The number of rotatable bonds is 4. The topological polar surface area (TPSA) is 78.8 Å². The number of hydrogen-bond donors (Lipinski definition) is 3. The number of carbonyl (C=O) groups is 1. The second-order valence-corrected chi connectivity index (χ2v) is 4.49. The third-order valence-electron chi connectivity index (χ3n) is 3.25. The number of phenols is 1. The zero-order valence-corrected chi connectivity index (χ0v) is 10.3. The number of hydrogen-bond acceptors (Lipinski definition) is 4. The second-order valence-electron chi connectivity index (χ2n) is 4.49. The first kappa shape index (κ1) is 12.7. The van der Waals surface area contributed by atoms with Crippen LogP contribution < -0.4 is 10.1 Å². The van der Waals surface area contributed by atoms with Crippen molar-refractivity contribution in [2.75, 3.05) is 13.7 Å². The standard InChI is InChI=1S/C13H17NO4/c1-18-11-7-9(13(16)17)5-8(12(11)15)6-10-3-2-4-14-10/h5,7,10,14-15H,2-4,6H2,1H3,(H,16,17). The van der Waals surface area contributed by atoms with Crippen LogP contribution in [0.3, 0.4) is 0 Å². The zero-order valence-electron chi connectivity index (χ0n) is 10.3. The summed E-state index contributed by atoms with van der Waals surface area (Å²) in [4.78, 5) is 11.0. The molecule has 0 amide bonds. The van der Waals surface area contributed by atoms with E-state index in [1.54, 1.807) is 0 Å². The molecule has 2 rings (SSSR count). The smallest absolute Gasteiger partial charge is 0.335 e. The van der Waals surface area contributed by atoms with E-state index >= 15 is 0 Å². The van der Waals surface area contributed by atoms with E-state index in [-0.39, 0.29) is 17.1 Å². The molecule has 0 radical (unpaired) electrons. The van der Waals surface area contributed by atoms with Crippen LogP contribution in [-0.2, 0) is 6.42 Å². The Labute approximate surface area is 105 Å². The minimum Gasteiger partial charge on any atom is -0.504 e. The summed E-state index contributed by atoms with van der Waals surface area (Å²) in [7, 11) is 1.41. The summed E-state index contributed by atoms with van der Waals surface area (Å²) in [5.74, 6) is -0.770. The van der Waals surface area contributed by atoms with Gasteiger partial charge in [-0.15, -0.1) is 0 Å². The predicted octanol–water partition coefficient (Wildman–Crippen LogP) is 1.39. The van der Waals surface area contributed by atoms with E-state index in [9.17, 15) is 9.90 Å². The van der Waals surface area contributed by atoms with Crippen LogP contribution in [0.25, 0.3) is 0 Å². The van der Waals surface area contributed by atoms with Gasteiger partial charge >= 0.3 is 5.97 Å². The SMILES string of the molecule is COc1cc(C(=O)O)cc(CC2CCCN2)c1O. The lowest BCUT2D eigenvalue weighted by atomic mass is 10.0. The number of nitrogens with one attached hydrogen (secondary N) is 1. The first-order chi connectivity index (χ1) is 8.61. The van der Waals surface area contributed by atoms with Gasteiger partial charge in [-0.25, -0.2) is 4.79 Å². The van der Waals surface area contributed by atoms with Crippen molar-refractivity contribution in [1.29, 1.82) is 0 Å². The summed E-state index contributed by atoms with van der Waals surface area (Å²) in [6, 6.07) is 3.15. The summed E-state index contributed by atoms with van der Waals surface area (Å²) in [5.41, 5.74) is 0.754. The number of benzene rings is 1. The van der Waals surface area contributed by atoms with Crippen LogP contribution in [0, 0.1) is 0 Å². The molecule has 18 heavy (non-hydrogen) atoms. The van der Waals surface area contributed by atoms with Crippen LogP contribution >= 0.6 is 0 Å². The lowest BCUT2D eigenvalue weighted by Crippen LogP contribution is -2.23. The van der Waals surface area contributed by atoms with Gasteiger partial charge in [0.15, 0.2) is 11.5 Å². The molecule has 1 atom stereocenters. The molecule has 1 unspecified atom stereocenters. The first-order valence-corrected chi connectivity index (χ1v) is 5.98.